The standard InChI is InChI=1S/C13H7F20NOS/c14-4(15,1-2-36)6(18,19)8(22,23)10(26,27)12(30,31)13(32,33)11(28,29)9(24,25)7(20,21)5(16,17)3(34)35/h36H,1-2H2,(H2,34,35). The topological polar surface area (TPSA) is 43.1 Å². The summed E-state index contributed by atoms with van der Waals surface area (Å²) in [7, 11) is 0. The van der Waals surface area contributed by atoms with E-state index in [-0.39, 0.29) is 0 Å². The number of amides is 1. The predicted molar refractivity (Wildman–Crippen MR) is 77.1 cm³/mol. The van der Waals surface area contributed by atoms with Crippen molar-refractivity contribution in [1.29, 1.82) is 0 Å². The third kappa shape index (κ3) is 4.00. The van der Waals surface area contributed by atoms with E-state index in [0.717, 1.165) is 0 Å². The molecule has 0 rings (SSSR count). The zero-order valence-corrected chi connectivity index (χ0v) is 16.8. The Bertz CT molecular complexity index is 835. The molecule has 1 amide bonds. The molecule has 0 radical (unpaired) electrons. The average Bonchev–Trinajstić information content (AvgIpc) is 2.66. The van der Waals surface area contributed by atoms with Crippen molar-refractivity contribution in [2.24, 2.45) is 5.73 Å². The van der Waals surface area contributed by atoms with Gasteiger partial charge >= 0.3 is 59.2 Å². The largest absolute Gasteiger partial charge is 0.392 e. The lowest BCUT2D eigenvalue weighted by Gasteiger charge is -2.44. The molecule has 0 aromatic rings. The summed E-state index contributed by atoms with van der Waals surface area (Å²) in [6.07, 6.45) is -2.70. The van der Waals surface area contributed by atoms with Gasteiger partial charge < -0.3 is 5.73 Å². The van der Waals surface area contributed by atoms with Crippen LogP contribution in [0.5, 0.6) is 0 Å². The van der Waals surface area contributed by atoms with Gasteiger partial charge in [-0.3, -0.25) is 4.79 Å². The van der Waals surface area contributed by atoms with Crippen LogP contribution in [0.4, 0.5) is 87.8 Å². The summed E-state index contributed by atoms with van der Waals surface area (Å²) in [6, 6.07) is 0. The number of carbonyl (C=O) groups is 1. The van der Waals surface area contributed by atoms with Crippen molar-refractivity contribution in [3.05, 3.63) is 0 Å². The molecule has 0 heterocycles. The van der Waals surface area contributed by atoms with Crippen LogP contribution < -0.4 is 5.73 Å². The lowest BCUT2D eigenvalue weighted by Crippen LogP contribution is -2.77. The van der Waals surface area contributed by atoms with Crippen LogP contribution in [0, 0.1) is 0 Å². The van der Waals surface area contributed by atoms with Gasteiger partial charge in [0.25, 0.3) is 5.91 Å². The van der Waals surface area contributed by atoms with E-state index < -0.39 is 77.3 Å². The number of hydrogen-bond acceptors (Lipinski definition) is 2. The van der Waals surface area contributed by atoms with Crippen LogP contribution in [0.1, 0.15) is 6.42 Å². The zero-order valence-electron chi connectivity index (χ0n) is 15.9. The third-order valence-electron chi connectivity index (χ3n) is 4.35. The van der Waals surface area contributed by atoms with E-state index >= 15 is 0 Å². The van der Waals surface area contributed by atoms with Crippen LogP contribution in [-0.4, -0.2) is 70.9 Å². The summed E-state index contributed by atoms with van der Waals surface area (Å²) in [4.78, 5) is 10.1. The van der Waals surface area contributed by atoms with Gasteiger partial charge in [-0.15, -0.1) is 0 Å². The monoisotopic (exact) mass is 605 g/mol. The van der Waals surface area contributed by atoms with Gasteiger partial charge in [0.05, 0.1) is 0 Å². The molecule has 0 atom stereocenters. The second kappa shape index (κ2) is 8.73. The number of carbonyl (C=O) groups excluding carboxylic acids is 1. The Morgan fingerprint density at radius 1 is 0.472 bits per heavy atom. The minimum atomic E-state index is -9.14. The number of nitrogens with two attached hydrogens (primary N) is 1. The number of hydrogen-bond donors (Lipinski definition) is 2. The lowest BCUT2D eigenvalue weighted by atomic mass is 9.85. The van der Waals surface area contributed by atoms with E-state index in [0.29, 0.717) is 0 Å². The summed E-state index contributed by atoms with van der Waals surface area (Å²) in [5.41, 5.74) is 3.47. The Morgan fingerprint density at radius 2 is 0.694 bits per heavy atom. The highest BCUT2D eigenvalue weighted by atomic mass is 32.1. The van der Waals surface area contributed by atoms with Crippen LogP contribution >= 0.6 is 12.6 Å². The molecule has 36 heavy (non-hydrogen) atoms. The van der Waals surface area contributed by atoms with Gasteiger partial charge in [-0.05, 0) is 5.75 Å². The van der Waals surface area contributed by atoms with Crippen molar-refractivity contribution < 1.29 is 92.6 Å². The van der Waals surface area contributed by atoms with E-state index in [4.69, 9.17) is 0 Å². The van der Waals surface area contributed by atoms with Gasteiger partial charge in [0.2, 0.25) is 0 Å². The van der Waals surface area contributed by atoms with Crippen LogP contribution in [0.3, 0.4) is 0 Å². The molecule has 0 unspecified atom stereocenters. The lowest BCUT2D eigenvalue weighted by molar-refractivity contribution is -0.467. The fourth-order valence-electron chi connectivity index (χ4n) is 2.06. The van der Waals surface area contributed by atoms with Gasteiger partial charge in [-0.25, -0.2) is 0 Å². The molecular formula is C13H7F20NOS. The summed E-state index contributed by atoms with van der Waals surface area (Å²) in [6.45, 7) is 0. The Hall–Kier alpha value is -1.58. The maximum atomic E-state index is 13.5. The molecule has 2 N–H and O–H groups in total. The van der Waals surface area contributed by atoms with Crippen molar-refractivity contribution in [2.45, 2.75) is 65.6 Å². The van der Waals surface area contributed by atoms with Gasteiger partial charge in [0.15, 0.2) is 0 Å². The third-order valence-corrected chi connectivity index (χ3v) is 4.57. The second-order valence-electron chi connectivity index (χ2n) is 6.71. The molecule has 0 saturated carbocycles. The van der Waals surface area contributed by atoms with Crippen LogP contribution in [0.25, 0.3) is 0 Å². The van der Waals surface area contributed by atoms with E-state index in [9.17, 15) is 92.6 Å². The zero-order chi connectivity index (χ0) is 30.0. The quantitative estimate of drug-likeness (QED) is 0.204. The fraction of sp³-hybridized carbons (Fsp3) is 0.923. The SMILES string of the molecule is NC(=O)C(F)(F)C(F)(F)C(F)(F)C(F)(F)C(F)(F)C(F)(F)C(F)(F)C(F)(F)C(F)(F)C(F)(F)CCS. The molecule has 0 aliphatic rings. The van der Waals surface area contributed by atoms with Gasteiger partial charge in [-0.1, -0.05) is 0 Å². The first-order chi connectivity index (χ1) is 15.3. The van der Waals surface area contributed by atoms with Crippen LogP contribution in [0.15, 0.2) is 0 Å². The molecule has 23 heteroatoms. The van der Waals surface area contributed by atoms with Crippen LogP contribution in [0.2, 0.25) is 0 Å². The van der Waals surface area contributed by atoms with E-state index in [1.54, 1.807) is 0 Å². The van der Waals surface area contributed by atoms with Gasteiger partial charge in [-0.2, -0.15) is 100 Å². The van der Waals surface area contributed by atoms with Crippen molar-refractivity contribution in [2.75, 3.05) is 5.75 Å². The number of alkyl halides is 20. The van der Waals surface area contributed by atoms with Crippen molar-refractivity contribution >= 4 is 18.5 Å². The number of halogens is 20. The number of rotatable bonds is 12. The molecule has 216 valence electrons. The molecule has 2 nitrogen and oxygen atoms in total. The summed E-state index contributed by atoms with van der Waals surface area (Å²) >= 11 is 2.79. The summed E-state index contributed by atoms with van der Waals surface area (Å²) in [5.74, 6) is -89.2. The molecule has 0 spiro atoms. The maximum Gasteiger partial charge on any atom is 0.392 e. The summed E-state index contributed by atoms with van der Waals surface area (Å²) in [5, 5.41) is 0. The Kier molecular flexibility index (Phi) is 8.35. The molecular weight excluding hydrogens is 598 g/mol. The minimum Gasteiger partial charge on any atom is -0.364 e. The molecule has 0 aliphatic heterocycles. The Balaban J connectivity index is 7.12. The molecule has 0 aromatic heterocycles. The number of primary amides is 1. The van der Waals surface area contributed by atoms with E-state index in [1.165, 1.54) is 0 Å². The first-order valence-corrected chi connectivity index (χ1v) is 8.57. The average molecular weight is 605 g/mol. The van der Waals surface area contributed by atoms with Gasteiger partial charge in [0, 0.05) is 6.42 Å². The van der Waals surface area contributed by atoms with Gasteiger partial charge in [0.1, 0.15) is 0 Å². The molecule has 0 bridgehead atoms. The smallest absolute Gasteiger partial charge is 0.364 e. The maximum absolute atomic E-state index is 13.5. The molecule has 0 aliphatic carbocycles. The second-order valence-corrected chi connectivity index (χ2v) is 7.16. The Morgan fingerprint density at radius 3 is 0.917 bits per heavy atom. The highest BCUT2D eigenvalue weighted by Gasteiger charge is 2.97. The highest BCUT2D eigenvalue weighted by molar-refractivity contribution is 7.80. The van der Waals surface area contributed by atoms with Crippen LogP contribution in [-0.2, 0) is 4.79 Å². The molecule has 0 saturated heterocycles. The molecule has 0 fully saturated rings. The van der Waals surface area contributed by atoms with E-state index in [2.05, 4.69) is 18.4 Å². The summed E-state index contributed by atoms with van der Waals surface area (Å²) < 4.78 is 267. The normalized spacial score (nSPS) is 16.4. The number of thiol groups is 1. The first-order valence-electron chi connectivity index (χ1n) is 7.94. The molecule has 0 aromatic carbocycles. The fourth-order valence-corrected chi connectivity index (χ4v) is 2.34. The van der Waals surface area contributed by atoms with Crippen molar-refractivity contribution in [3.63, 3.8) is 0 Å². The predicted octanol–water partition coefficient (Wildman–Crippen LogP) is 6.14. The van der Waals surface area contributed by atoms with E-state index in [1.807, 2.05) is 0 Å². The van der Waals surface area contributed by atoms with Crippen molar-refractivity contribution in [3.8, 4) is 0 Å². The first kappa shape index (κ1) is 34.4. The Labute approximate surface area is 189 Å². The minimum absolute atomic E-state index is 1.62. The van der Waals surface area contributed by atoms with Crippen molar-refractivity contribution in [1.82, 2.24) is 0 Å². The highest BCUT2D eigenvalue weighted by Crippen LogP contribution is 2.66.